The number of hydrogen-bond acceptors (Lipinski definition) is 8. The zero-order valence-electron chi connectivity index (χ0n) is 19.2. The predicted molar refractivity (Wildman–Crippen MR) is 122 cm³/mol. The van der Waals surface area contributed by atoms with Crippen LogP contribution in [0.2, 0.25) is 0 Å². The quantitative estimate of drug-likeness (QED) is 0.388. The summed E-state index contributed by atoms with van der Waals surface area (Å²) in [6.07, 6.45) is 4.41. The van der Waals surface area contributed by atoms with Crippen LogP contribution in [-0.4, -0.2) is 55.3 Å². The van der Waals surface area contributed by atoms with E-state index < -0.39 is 44.5 Å². The third-order valence-electron chi connectivity index (χ3n) is 5.52. The lowest BCUT2D eigenvalue weighted by Gasteiger charge is -2.21. The summed E-state index contributed by atoms with van der Waals surface area (Å²) in [5, 5.41) is 11.0. The van der Waals surface area contributed by atoms with E-state index in [1.54, 1.807) is 26.2 Å². The molecule has 0 saturated carbocycles. The van der Waals surface area contributed by atoms with Gasteiger partial charge >= 0.3 is 0 Å². The molecule has 0 amide bonds. The molecule has 0 aliphatic heterocycles. The normalized spacial score (nSPS) is 13.4. The van der Waals surface area contributed by atoms with Crippen LogP contribution in [0.4, 0.5) is 14.7 Å². The molecule has 2 unspecified atom stereocenters. The maximum absolute atomic E-state index is 14.8. The number of hydrogen-bond donors (Lipinski definition) is 1. The Balaban J connectivity index is 1.75. The van der Waals surface area contributed by atoms with Crippen LogP contribution in [0.25, 0.3) is 17.2 Å². The maximum Gasteiger partial charge on any atom is 0.243 e. The minimum Gasteiger partial charge on any atom is -0.480 e. The van der Waals surface area contributed by atoms with Crippen molar-refractivity contribution in [3.8, 4) is 23.1 Å². The number of benzene rings is 1. The van der Waals surface area contributed by atoms with E-state index in [1.807, 2.05) is 0 Å². The Morgan fingerprint density at radius 2 is 1.77 bits per heavy atom. The first-order chi connectivity index (χ1) is 16.6. The zero-order valence-corrected chi connectivity index (χ0v) is 20.0. The lowest BCUT2D eigenvalue weighted by atomic mass is 10.1. The van der Waals surface area contributed by atoms with Gasteiger partial charge in [-0.2, -0.15) is 5.10 Å². The van der Waals surface area contributed by atoms with Gasteiger partial charge in [-0.25, -0.2) is 22.2 Å². The minimum atomic E-state index is -4.14. The largest absolute Gasteiger partial charge is 0.480 e. The molecule has 3 heterocycles. The van der Waals surface area contributed by atoms with Crippen LogP contribution in [0, 0.1) is 11.6 Å². The number of rotatable bonds is 8. The number of halogens is 2. The average Bonchev–Trinajstić information content (AvgIpc) is 3.44. The molecule has 0 radical (unpaired) electrons. The van der Waals surface area contributed by atoms with Gasteiger partial charge in [0.25, 0.3) is 0 Å². The summed E-state index contributed by atoms with van der Waals surface area (Å²) < 4.78 is 65.8. The fourth-order valence-corrected chi connectivity index (χ4v) is 4.61. The van der Waals surface area contributed by atoms with Crippen molar-refractivity contribution < 1.29 is 21.9 Å². The summed E-state index contributed by atoms with van der Waals surface area (Å²) in [7, 11) is -1.04. The van der Waals surface area contributed by atoms with E-state index in [2.05, 4.69) is 30.0 Å². The van der Waals surface area contributed by atoms with E-state index >= 15 is 0 Å². The molecule has 4 rings (SSSR count). The smallest absolute Gasteiger partial charge is 0.243 e. The van der Waals surface area contributed by atoms with Gasteiger partial charge in [-0.05, 0) is 25.1 Å². The summed E-state index contributed by atoms with van der Waals surface area (Å²) in [4.78, 5) is 8.26. The number of methoxy groups -OCH3 is 1. The number of ether oxygens (including phenoxy) is 1. The predicted octanol–water partition coefficient (Wildman–Crippen LogP) is 2.68. The molecule has 0 saturated heterocycles. The van der Waals surface area contributed by atoms with Crippen LogP contribution in [0.15, 0.2) is 42.9 Å². The molecule has 0 spiro atoms. The zero-order chi connectivity index (χ0) is 25.3. The molecule has 0 aliphatic rings. The molecule has 0 bridgehead atoms. The molecule has 4 aromatic rings. The van der Waals surface area contributed by atoms with Gasteiger partial charge in [-0.3, -0.25) is 19.0 Å². The SMILES string of the molecule is COc1cnc(C(C)C(C)S(=O)(=O)Nc2nnc(-c3ccn(C)n3)n2-c2c(F)cccc2F)cn1. The highest BCUT2D eigenvalue weighted by atomic mass is 32.2. The van der Waals surface area contributed by atoms with Gasteiger partial charge in [0, 0.05) is 19.2 Å². The van der Waals surface area contributed by atoms with Crippen molar-refractivity contribution in [3.63, 3.8) is 0 Å². The first-order valence-electron chi connectivity index (χ1n) is 10.4. The Kier molecular flexibility index (Phi) is 6.47. The van der Waals surface area contributed by atoms with Crippen molar-refractivity contribution in [2.75, 3.05) is 11.8 Å². The maximum atomic E-state index is 14.8. The van der Waals surface area contributed by atoms with Gasteiger partial charge in [0.05, 0.1) is 30.4 Å². The second-order valence-corrected chi connectivity index (χ2v) is 9.79. The van der Waals surface area contributed by atoms with Crippen molar-refractivity contribution in [1.29, 1.82) is 0 Å². The Morgan fingerprint density at radius 1 is 1.06 bits per heavy atom. The van der Waals surface area contributed by atoms with Crippen molar-refractivity contribution >= 4 is 16.0 Å². The molecular formula is C21H22F2N8O3S. The molecule has 0 fully saturated rings. The fraction of sp³-hybridized carbons (Fsp3) is 0.286. The lowest BCUT2D eigenvalue weighted by Crippen LogP contribution is -2.31. The molecule has 0 aliphatic carbocycles. The summed E-state index contributed by atoms with van der Waals surface area (Å²) in [5.41, 5.74) is 0.111. The van der Waals surface area contributed by atoms with Crippen molar-refractivity contribution in [2.45, 2.75) is 25.0 Å². The van der Waals surface area contributed by atoms with E-state index in [4.69, 9.17) is 4.74 Å². The summed E-state index contributed by atoms with van der Waals surface area (Å²) >= 11 is 0. The second-order valence-electron chi connectivity index (χ2n) is 7.75. The van der Waals surface area contributed by atoms with Crippen LogP contribution in [0.3, 0.4) is 0 Å². The van der Waals surface area contributed by atoms with Crippen molar-refractivity contribution in [1.82, 2.24) is 34.5 Å². The van der Waals surface area contributed by atoms with Gasteiger partial charge in [0.1, 0.15) is 23.0 Å². The highest BCUT2D eigenvalue weighted by molar-refractivity contribution is 7.93. The number of anilines is 1. The van der Waals surface area contributed by atoms with Gasteiger partial charge in [-0.15, -0.1) is 10.2 Å². The molecule has 11 nitrogen and oxygen atoms in total. The summed E-state index contributed by atoms with van der Waals surface area (Å²) in [6, 6.07) is 4.85. The first kappa shape index (κ1) is 24.2. The minimum absolute atomic E-state index is 0.0472. The molecule has 1 N–H and O–H groups in total. The van der Waals surface area contributed by atoms with E-state index in [0.717, 1.165) is 16.7 Å². The van der Waals surface area contributed by atoms with E-state index in [0.29, 0.717) is 5.69 Å². The van der Waals surface area contributed by atoms with Crippen molar-refractivity contribution in [2.24, 2.45) is 7.05 Å². The first-order valence-corrected chi connectivity index (χ1v) is 11.9. The highest BCUT2D eigenvalue weighted by Gasteiger charge is 2.32. The van der Waals surface area contributed by atoms with Crippen LogP contribution >= 0.6 is 0 Å². The average molecular weight is 505 g/mol. The Bertz CT molecular complexity index is 1430. The highest BCUT2D eigenvalue weighted by Crippen LogP contribution is 2.30. The van der Waals surface area contributed by atoms with Crippen LogP contribution in [0.5, 0.6) is 5.88 Å². The molecule has 1 aromatic carbocycles. The van der Waals surface area contributed by atoms with Gasteiger partial charge < -0.3 is 4.74 Å². The lowest BCUT2D eigenvalue weighted by molar-refractivity contribution is 0.394. The Morgan fingerprint density at radius 3 is 2.34 bits per heavy atom. The van der Waals surface area contributed by atoms with Crippen LogP contribution in [0.1, 0.15) is 25.5 Å². The van der Waals surface area contributed by atoms with Gasteiger partial charge in [-0.1, -0.05) is 13.0 Å². The van der Waals surface area contributed by atoms with E-state index in [-0.39, 0.29) is 17.4 Å². The molecule has 14 heteroatoms. The Hall–Kier alpha value is -3.94. The number of nitrogens with one attached hydrogen (secondary N) is 1. The standard InChI is InChI=1S/C21H22F2N8O3S/c1-12(17-10-25-18(34-4)11-24-17)13(2)35(32,33)29-21-27-26-20(16-8-9-30(3)28-16)31(21)19-14(22)6-5-7-15(19)23/h5-13H,1-4H3,(H,27,29). The molecule has 3 aromatic heterocycles. The van der Waals surface area contributed by atoms with Gasteiger partial charge in [0.2, 0.25) is 21.9 Å². The van der Waals surface area contributed by atoms with Gasteiger partial charge in [0.15, 0.2) is 5.82 Å². The van der Waals surface area contributed by atoms with Crippen molar-refractivity contribution in [3.05, 3.63) is 60.2 Å². The number of nitrogens with zero attached hydrogens (tertiary/aromatic N) is 7. The second kappa shape index (κ2) is 9.37. The topological polar surface area (TPSA) is 130 Å². The number of sulfonamides is 1. The molecule has 2 atom stereocenters. The number of aryl methyl sites for hydroxylation is 1. The number of aromatic nitrogens is 7. The van der Waals surface area contributed by atoms with Crippen LogP contribution < -0.4 is 9.46 Å². The molecule has 184 valence electrons. The molecular weight excluding hydrogens is 482 g/mol. The fourth-order valence-electron chi connectivity index (χ4n) is 3.36. The number of para-hydroxylation sites is 1. The van der Waals surface area contributed by atoms with Crippen LogP contribution in [-0.2, 0) is 17.1 Å². The molecule has 35 heavy (non-hydrogen) atoms. The summed E-state index contributed by atoms with van der Waals surface area (Å²) in [5.74, 6) is -2.61. The van der Waals surface area contributed by atoms with E-state index in [1.165, 1.54) is 37.2 Å². The monoisotopic (exact) mass is 504 g/mol. The summed E-state index contributed by atoms with van der Waals surface area (Å²) in [6.45, 7) is 3.14. The van der Waals surface area contributed by atoms with E-state index in [9.17, 15) is 17.2 Å². The Labute approximate surface area is 199 Å². The third kappa shape index (κ3) is 4.69. The third-order valence-corrected chi connectivity index (χ3v) is 7.37.